The van der Waals surface area contributed by atoms with E-state index in [1.807, 2.05) is 13.0 Å². The molecule has 0 radical (unpaired) electrons. The van der Waals surface area contributed by atoms with Crippen molar-refractivity contribution in [2.24, 2.45) is 0 Å². The molecule has 1 aliphatic rings. The highest BCUT2D eigenvalue weighted by molar-refractivity contribution is 5.48. The van der Waals surface area contributed by atoms with Crippen molar-refractivity contribution >= 4 is 11.6 Å². The maximum atomic E-state index is 5.42. The van der Waals surface area contributed by atoms with Crippen LogP contribution in [0.1, 0.15) is 51.8 Å². The van der Waals surface area contributed by atoms with E-state index in [0.717, 1.165) is 30.4 Å². The van der Waals surface area contributed by atoms with Gasteiger partial charge in [0.05, 0.1) is 0 Å². The van der Waals surface area contributed by atoms with Crippen LogP contribution in [-0.4, -0.2) is 29.2 Å². The van der Waals surface area contributed by atoms with Crippen molar-refractivity contribution in [3.63, 3.8) is 0 Å². The van der Waals surface area contributed by atoms with Crippen LogP contribution in [0.4, 0.5) is 11.6 Å². The molecular weight excluding hydrogens is 252 g/mol. The second-order valence-electron chi connectivity index (χ2n) is 5.24. The standard InChI is InChI=1S/C15H26N4O/c1-3-9-16-13-10-14(17-12-7-5-6-8-12)19-15(18-13)11-20-4-2/h10,12H,3-9,11H2,1-2H3,(H2,16,17,18,19). The van der Waals surface area contributed by atoms with Gasteiger partial charge in [0, 0.05) is 25.3 Å². The second kappa shape index (κ2) is 8.04. The summed E-state index contributed by atoms with van der Waals surface area (Å²) in [5, 5.41) is 6.86. The highest BCUT2D eigenvalue weighted by atomic mass is 16.5. The molecule has 0 spiro atoms. The molecule has 112 valence electrons. The summed E-state index contributed by atoms with van der Waals surface area (Å²) in [5.41, 5.74) is 0. The van der Waals surface area contributed by atoms with E-state index < -0.39 is 0 Å². The van der Waals surface area contributed by atoms with Gasteiger partial charge in [-0.25, -0.2) is 9.97 Å². The van der Waals surface area contributed by atoms with E-state index in [1.54, 1.807) is 0 Å². The van der Waals surface area contributed by atoms with Crippen LogP contribution >= 0.6 is 0 Å². The number of hydrogen-bond acceptors (Lipinski definition) is 5. The summed E-state index contributed by atoms with van der Waals surface area (Å²) in [4.78, 5) is 9.05. The molecule has 1 aromatic rings. The monoisotopic (exact) mass is 278 g/mol. The van der Waals surface area contributed by atoms with Crippen molar-refractivity contribution in [1.82, 2.24) is 9.97 Å². The zero-order valence-corrected chi connectivity index (χ0v) is 12.6. The van der Waals surface area contributed by atoms with Gasteiger partial charge in [0.15, 0.2) is 5.82 Å². The predicted molar refractivity (Wildman–Crippen MR) is 82.0 cm³/mol. The molecule has 1 aliphatic carbocycles. The first kappa shape index (κ1) is 15.0. The third-order valence-corrected chi connectivity index (χ3v) is 3.47. The molecule has 5 nitrogen and oxygen atoms in total. The minimum atomic E-state index is 0.470. The molecule has 0 amide bonds. The van der Waals surface area contributed by atoms with Gasteiger partial charge in [-0.15, -0.1) is 0 Å². The van der Waals surface area contributed by atoms with Gasteiger partial charge in [-0.1, -0.05) is 19.8 Å². The summed E-state index contributed by atoms with van der Waals surface area (Å²) in [6.45, 7) is 6.21. The van der Waals surface area contributed by atoms with Gasteiger partial charge in [0.25, 0.3) is 0 Å². The first-order valence-electron chi connectivity index (χ1n) is 7.78. The number of anilines is 2. The quantitative estimate of drug-likeness (QED) is 0.764. The Balaban J connectivity index is 2.06. The summed E-state index contributed by atoms with van der Waals surface area (Å²) in [7, 11) is 0. The van der Waals surface area contributed by atoms with Crippen molar-refractivity contribution < 1.29 is 4.74 Å². The van der Waals surface area contributed by atoms with Crippen molar-refractivity contribution in [3.8, 4) is 0 Å². The Morgan fingerprint density at radius 2 is 1.95 bits per heavy atom. The molecule has 1 saturated carbocycles. The lowest BCUT2D eigenvalue weighted by Crippen LogP contribution is -2.17. The van der Waals surface area contributed by atoms with Gasteiger partial charge in [-0.3, -0.25) is 0 Å². The fourth-order valence-electron chi connectivity index (χ4n) is 2.45. The van der Waals surface area contributed by atoms with Gasteiger partial charge in [0.1, 0.15) is 18.2 Å². The Morgan fingerprint density at radius 3 is 2.65 bits per heavy atom. The number of ether oxygens (including phenoxy) is 1. The summed E-state index contributed by atoms with van der Waals surface area (Å²) in [5.74, 6) is 2.55. The van der Waals surface area contributed by atoms with E-state index in [0.29, 0.717) is 19.3 Å². The molecular formula is C15H26N4O. The Hall–Kier alpha value is -1.36. The Bertz CT molecular complexity index is 379. The number of hydrogen-bond donors (Lipinski definition) is 2. The number of rotatable bonds is 8. The smallest absolute Gasteiger partial charge is 0.158 e. The molecule has 2 rings (SSSR count). The zero-order chi connectivity index (χ0) is 14.2. The molecule has 0 aromatic carbocycles. The number of nitrogens with zero attached hydrogens (tertiary/aromatic N) is 2. The Kier molecular flexibility index (Phi) is 6.05. The van der Waals surface area contributed by atoms with Crippen molar-refractivity contribution in [2.45, 2.75) is 58.6 Å². The minimum absolute atomic E-state index is 0.470. The lowest BCUT2D eigenvalue weighted by molar-refractivity contribution is 0.128. The van der Waals surface area contributed by atoms with E-state index in [1.165, 1.54) is 25.7 Å². The topological polar surface area (TPSA) is 59.1 Å². The predicted octanol–water partition coefficient (Wildman–Crippen LogP) is 3.19. The highest BCUT2D eigenvalue weighted by Gasteiger charge is 2.15. The van der Waals surface area contributed by atoms with E-state index in [-0.39, 0.29) is 0 Å². The Labute approximate surface area is 121 Å². The van der Waals surface area contributed by atoms with E-state index in [4.69, 9.17) is 4.74 Å². The average molecular weight is 278 g/mol. The Morgan fingerprint density at radius 1 is 1.20 bits per heavy atom. The molecule has 0 unspecified atom stereocenters. The summed E-state index contributed by atoms with van der Waals surface area (Å²) in [6.07, 6.45) is 6.19. The van der Waals surface area contributed by atoms with Crippen LogP contribution in [0.3, 0.4) is 0 Å². The molecule has 1 aromatic heterocycles. The molecule has 20 heavy (non-hydrogen) atoms. The van der Waals surface area contributed by atoms with Gasteiger partial charge in [-0.2, -0.15) is 0 Å². The van der Waals surface area contributed by atoms with Gasteiger partial charge < -0.3 is 15.4 Å². The highest BCUT2D eigenvalue weighted by Crippen LogP contribution is 2.22. The largest absolute Gasteiger partial charge is 0.374 e. The second-order valence-corrected chi connectivity index (χ2v) is 5.24. The van der Waals surface area contributed by atoms with Gasteiger partial charge in [0.2, 0.25) is 0 Å². The first-order chi connectivity index (χ1) is 9.81. The van der Waals surface area contributed by atoms with Gasteiger partial charge >= 0.3 is 0 Å². The van der Waals surface area contributed by atoms with Crippen molar-refractivity contribution in [3.05, 3.63) is 11.9 Å². The average Bonchev–Trinajstić information content (AvgIpc) is 2.95. The van der Waals surface area contributed by atoms with Crippen molar-refractivity contribution in [1.29, 1.82) is 0 Å². The van der Waals surface area contributed by atoms with Crippen LogP contribution in [0.15, 0.2) is 6.07 Å². The molecule has 2 N–H and O–H groups in total. The maximum Gasteiger partial charge on any atom is 0.158 e. The molecule has 5 heteroatoms. The van der Waals surface area contributed by atoms with Crippen molar-refractivity contribution in [2.75, 3.05) is 23.8 Å². The molecule has 0 bridgehead atoms. The van der Waals surface area contributed by atoms with Gasteiger partial charge in [-0.05, 0) is 26.2 Å². The normalized spacial score (nSPS) is 15.5. The van der Waals surface area contributed by atoms with Crippen LogP contribution in [-0.2, 0) is 11.3 Å². The van der Waals surface area contributed by atoms with Crippen LogP contribution in [0, 0.1) is 0 Å². The summed E-state index contributed by atoms with van der Waals surface area (Å²) in [6, 6.07) is 2.56. The van der Waals surface area contributed by atoms with Crippen LogP contribution in [0.5, 0.6) is 0 Å². The lowest BCUT2D eigenvalue weighted by Gasteiger charge is -2.15. The SMILES string of the molecule is CCCNc1cc(NC2CCCC2)nc(COCC)n1. The van der Waals surface area contributed by atoms with Crippen LogP contribution in [0.25, 0.3) is 0 Å². The van der Waals surface area contributed by atoms with Crippen LogP contribution < -0.4 is 10.6 Å². The van der Waals surface area contributed by atoms with E-state index in [2.05, 4.69) is 27.5 Å². The third-order valence-electron chi connectivity index (χ3n) is 3.47. The van der Waals surface area contributed by atoms with Crippen LogP contribution in [0.2, 0.25) is 0 Å². The zero-order valence-electron chi connectivity index (χ0n) is 12.6. The molecule has 0 atom stereocenters. The van der Waals surface area contributed by atoms with E-state index in [9.17, 15) is 0 Å². The molecule has 1 fully saturated rings. The fourth-order valence-corrected chi connectivity index (χ4v) is 2.45. The first-order valence-corrected chi connectivity index (χ1v) is 7.78. The fraction of sp³-hybridized carbons (Fsp3) is 0.733. The summed E-state index contributed by atoms with van der Waals surface area (Å²) >= 11 is 0. The van der Waals surface area contributed by atoms with E-state index >= 15 is 0 Å². The minimum Gasteiger partial charge on any atom is -0.374 e. The third kappa shape index (κ3) is 4.63. The number of nitrogens with one attached hydrogen (secondary N) is 2. The summed E-state index contributed by atoms with van der Waals surface area (Å²) < 4.78 is 5.42. The maximum absolute atomic E-state index is 5.42. The molecule has 0 aliphatic heterocycles. The molecule has 0 saturated heterocycles. The lowest BCUT2D eigenvalue weighted by atomic mass is 10.2. The molecule has 1 heterocycles. The number of aromatic nitrogens is 2.